The number of benzene rings is 1. The molecule has 0 unspecified atom stereocenters. The first-order valence-corrected chi connectivity index (χ1v) is 7.25. The van der Waals surface area contributed by atoms with E-state index in [-0.39, 0.29) is 5.91 Å². The lowest BCUT2D eigenvalue weighted by atomic mass is 9.82. The van der Waals surface area contributed by atoms with E-state index in [0.717, 1.165) is 25.9 Å². The number of hydrogen-bond acceptors (Lipinski definition) is 3. The van der Waals surface area contributed by atoms with Gasteiger partial charge in [-0.3, -0.25) is 4.79 Å². The van der Waals surface area contributed by atoms with Crippen molar-refractivity contribution in [1.82, 2.24) is 4.90 Å². The van der Waals surface area contributed by atoms with Gasteiger partial charge in [0.15, 0.2) is 5.75 Å². The van der Waals surface area contributed by atoms with E-state index in [4.69, 9.17) is 10.5 Å². The van der Waals surface area contributed by atoms with Gasteiger partial charge in [-0.15, -0.1) is 0 Å². The molecule has 1 fully saturated rings. The highest BCUT2D eigenvalue weighted by Gasteiger charge is 2.29. The Hall–Kier alpha value is -1.71. The van der Waals surface area contributed by atoms with Gasteiger partial charge in [0.1, 0.15) is 0 Å². The number of rotatable bonds is 3. The Balaban J connectivity index is 2.19. The van der Waals surface area contributed by atoms with Crippen molar-refractivity contribution in [1.29, 1.82) is 0 Å². The van der Waals surface area contributed by atoms with Gasteiger partial charge in [0, 0.05) is 13.1 Å². The van der Waals surface area contributed by atoms with Crippen molar-refractivity contribution in [2.75, 3.05) is 25.4 Å². The van der Waals surface area contributed by atoms with E-state index in [1.54, 1.807) is 18.2 Å². The molecule has 1 aromatic rings. The van der Waals surface area contributed by atoms with Crippen LogP contribution >= 0.6 is 0 Å². The summed E-state index contributed by atoms with van der Waals surface area (Å²) in [5, 5.41) is 0. The minimum atomic E-state index is 0.0243. The van der Waals surface area contributed by atoms with Crippen LogP contribution in [0.4, 0.5) is 5.69 Å². The fourth-order valence-electron chi connectivity index (χ4n) is 2.51. The zero-order valence-corrected chi connectivity index (χ0v) is 12.6. The maximum atomic E-state index is 12.6. The molecule has 1 heterocycles. The van der Waals surface area contributed by atoms with Crippen LogP contribution in [-0.4, -0.2) is 30.5 Å². The maximum absolute atomic E-state index is 12.6. The average molecular weight is 276 g/mol. The van der Waals surface area contributed by atoms with E-state index in [1.165, 1.54) is 0 Å². The van der Waals surface area contributed by atoms with Crippen molar-refractivity contribution in [2.24, 2.45) is 5.41 Å². The molecule has 1 aromatic carbocycles. The predicted molar refractivity (Wildman–Crippen MR) is 80.9 cm³/mol. The lowest BCUT2D eigenvalue weighted by Gasteiger charge is -2.37. The Bertz CT molecular complexity index is 487. The van der Waals surface area contributed by atoms with E-state index in [1.807, 2.05) is 11.8 Å². The number of anilines is 1. The Morgan fingerprint density at radius 1 is 1.35 bits per heavy atom. The van der Waals surface area contributed by atoms with Crippen LogP contribution in [0, 0.1) is 5.41 Å². The zero-order valence-electron chi connectivity index (χ0n) is 12.6. The summed E-state index contributed by atoms with van der Waals surface area (Å²) < 4.78 is 5.55. The number of nitrogens with two attached hydrogens (primary N) is 1. The topological polar surface area (TPSA) is 55.6 Å². The lowest BCUT2D eigenvalue weighted by Crippen LogP contribution is -2.41. The second kappa shape index (κ2) is 5.73. The van der Waals surface area contributed by atoms with Gasteiger partial charge in [-0.25, -0.2) is 0 Å². The van der Waals surface area contributed by atoms with Gasteiger partial charge in [-0.05, 0) is 37.3 Å². The third-order valence-corrected chi connectivity index (χ3v) is 3.97. The van der Waals surface area contributed by atoms with E-state index in [2.05, 4.69) is 13.8 Å². The number of carbonyl (C=O) groups excluding carboxylic acids is 1. The Morgan fingerprint density at radius 3 is 2.60 bits per heavy atom. The molecule has 0 saturated carbocycles. The summed E-state index contributed by atoms with van der Waals surface area (Å²) in [5.41, 5.74) is 7.35. The molecule has 2 rings (SSSR count). The third-order valence-electron chi connectivity index (χ3n) is 3.97. The fraction of sp³-hybridized carbons (Fsp3) is 0.562. The van der Waals surface area contributed by atoms with E-state index >= 15 is 0 Å². The minimum Gasteiger partial charge on any atom is -0.491 e. The predicted octanol–water partition coefficient (Wildman–Crippen LogP) is 2.93. The van der Waals surface area contributed by atoms with Crippen LogP contribution in [0.1, 0.15) is 44.0 Å². The van der Waals surface area contributed by atoms with Crippen LogP contribution in [0.15, 0.2) is 18.2 Å². The SMILES string of the molecule is CCOc1c(N)cccc1C(=O)N1CCC(C)(C)CC1. The van der Waals surface area contributed by atoms with Gasteiger partial charge in [0.05, 0.1) is 17.9 Å². The first-order valence-electron chi connectivity index (χ1n) is 7.25. The van der Waals surface area contributed by atoms with Gasteiger partial charge < -0.3 is 15.4 Å². The lowest BCUT2D eigenvalue weighted by molar-refractivity contribution is 0.0626. The Morgan fingerprint density at radius 2 is 2.00 bits per heavy atom. The first-order chi connectivity index (χ1) is 9.44. The fourth-order valence-corrected chi connectivity index (χ4v) is 2.51. The summed E-state index contributed by atoms with van der Waals surface area (Å²) >= 11 is 0. The smallest absolute Gasteiger partial charge is 0.257 e. The number of nitrogens with zero attached hydrogens (tertiary/aromatic N) is 1. The molecule has 0 atom stereocenters. The summed E-state index contributed by atoms with van der Waals surface area (Å²) in [7, 11) is 0. The van der Waals surface area contributed by atoms with Crippen molar-refractivity contribution < 1.29 is 9.53 Å². The Labute approximate surface area is 120 Å². The van der Waals surface area contributed by atoms with Gasteiger partial charge in [0.2, 0.25) is 0 Å². The number of hydrogen-bond donors (Lipinski definition) is 1. The van der Waals surface area contributed by atoms with Crippen LogP contribution in [0.5, 0.6) is 5.75 Å². The molecule has 4 nitrogen and oxygen atoms in total. The van der Waals surface area contributed by atoms with E-state index in [9.17, 15) is 4.79 Å². The first kappa shape index (κ1) is 14.7. The van der Waals surface area contributed by atoms with Crippen molar-refractivity contribution in [3.63, 3.8) is 0 Å². The molecule has 0 spiro atoms. The highest BCUT2D eigenvalue weighted by atomic mass is 16.5. The van der Waals surface area contributed by atoms with Crippen molar-refractivity contribution in [3.8, 4) is 5.75 Å². The standard InChI is InChI=1S/C16H24N2O2/c1-4-20-14-12(6-5-7-13(14)17)15(19)18-10-8-16(2,3)9-11-18/h5-7H,4,8-11,17H2,1-3H3. The maximum Gasteiger partial charge on any atom is 0.257 e. The number of ether oxygens (including phenoxy) is 1. The van der Waals surface area contributed by atoms with Gasteiger partial charge in [-0.1, -0.05) is 19.9 Å². The third kappa shape index (κ3) is 3.06. The molecule has 0 aliphatic carbocycles. The molecule has 1 saturated heterocycles. The highest BCUT2D eigenvalue weighted by molar-refractivity contribution is 5.98. The summed E-state index contributed by atoms with van der Waals surface area (Å²) in [4.78, 5) is 14.6. The molecule has 2 N–H and O–H groups in total. The second-order valence-corrected chi connectivity index (χ2v) is 6.11. The second-order valence-electron chi connectivity index (χ2n) is 6.11. The highest BCUT2D eigenvalue weighted by Crippen LogP contribution is 2.32. The van der Waals surface area contributed by atoms with Crippen LogP contribution in [-0.2, 0) is 0 Å². The number of carbonyl (C=O) groups is 1. The average Bonchev–Trinajstić information content (AvgIpc) is 2.40. The summed E-state index contributed by atoms with van der Waals surface area (Å²) in [6.45, 7) is 8.49. The van der Waals surface area contributed by atoms with Crippen LogP contribution in [0.2, 0.25) is 0 Å². The van der Waals surface area contributed by atoms with E-state index < -0.39 is 0 Å². The normalized spacial score (nSPS) is 17.9. The van der Waals surface area contributed by atoms with Crippen molar-refractivity contribution >= 4 is 11.6 Å². The minimum absolute atomic E-state index is 0.0243. The quantitative estimate of drug-likeness (QED) is 0.864. The van der Waals surface area contributed by atoms with Gasteiger partial charge in [-0.2, -0.15) is 0 Å². The van der Waals surface area contributed by atoms with Crippen LogP contribution < -0.4 is 10.5 Å². The summed E-state index contributed by atoms with van der Waals surface area (Å²) in [6, 6.07) is 5.36. The monoisotopic (exact) mass is 276 g/mol. The zero-order chi connectivity index (χ0) is 14.8. The van der Waals surface area contributed by atoms with Crippen molar-refractivity contribution in [3.05, 3.63) is 23.8 Å². The molecule has 0 aromatic heterocycles. The molecule has 0 bridgehead atoms. The number of para-hydroxylation sites is 1. The Kier molecular flexibility index (Phi) is 4.21. The van der Waals surface area contributed by atoms with Crippen LogP contribution in [0.25, 0.3) is 0 Å². The molecule has 20 heavy (non-hydrogen) atoms. The molecule has 1 amide bonds. The molecule has 1 aliphatic heterocycles. The molecular weight excluding hydrogens is 252 g/mol. The molecule has 110 valence electrons. The van der Waals surface area contributed by atoms with Gasteiger partial charge in [0.25, 0.3) is 5.91 Å². The largest absolute Gasteiger partial charge is 0.491 e. The van der Waals surface area contributed by atoms with E-state index in [0.29, 0.717) is 29.0 Å². The molecule has 4 heteroatoms. The number of nitrogen functional groups attached to an aromatic ring is 1. The van der Waals surface area contributed by atoms with Gasteiger partial charge >= 0.3 is 0 Å². The molecule has 0 radical (unpaired) electrons. The summed E-state index contributed by atoms with van der Waals surface area (Å²) in [6.07, 6.45) is 2.07. The molecular formula is C16H24N2O2. The number of likely N-dealkylation sites (tertiary alicyclic amines) is 1. The summed E-state index contributed by atoms with van der Waals surface area (Å²) in [5.74, 6) is 0.543. The van der Waals surface area contributed by atoms with Crippen molar-refractivity contribution in [2.45, 2.75) is 33.6 Å². The number of piperidine rings is 1. The number of amides is 1. The molecule has 1 aliphatic rings. The van der Waals surface area contributed by atoms with Crippen LogP contribution in [0.3, 0.4) is 0 Å².